The van der Waals surface area contributed by atoms with Crippen molar-refractivity contribution in [1.29, 1.82) is 0 Å². The van der Waals surface area contributed by atoms with E-state index in [1.807, 2.05) is 0 Å². The number of imidazole rings is 2. The summed E-state index contributed by atoms with van der Waals surface area (Å²) in [6.07, 6.45) is 13.3. The van der Waals surface area contributed by atoms with E-state index in [0.717, 1.165) is 33.8 Å². The molecule has 10 rings (SSSR count). The molecule has 4 heteroatoms. The third-order valence-electron chi connectivity index (χ3n) is 10.7. The number of aryl methyl sites for hydroxylation is 1. The second kappa shape index (κ2) is 11.1. The first kappa shape index (κ1) is 28.7. The first-order valence-corrected chi connectivity index (χ1v) is 17.3. The highest BCUT2D eigenvalue weighted by Gasteiger charge is 2.29. The number of nitrogens with zero attached hydrogens (tertiary/aromatic N) is 4. The zero-order valence-electron chi connectivity index (χ0n) is 28.0. The van der Waals surface area contributed by atoms with Gasteiger partial charge in [0.2, 0.25) is 0 Å². The van der Waals surface area contributed by atoms with E-state index in [2.05, 4.69) is 181 Å². The van der Waals surface area contributed by atoms with Crippen molar-refractivity contribution in [3.8, 4) is 45.0 Å². The number of allylic oxidation sites excluding steroid dienone is 5. The van der Waals surface area contributed by atoms with Gasteiger partial charge in [0.05, 0.1) is 22.4 Å². The fraction of sp³-hybridized carbons (Fsp3) is 0.0870. The van der Waals surface area contributed by atoms with E-state index >= 15 is 0 Å². The minimum atomic E-state index is 0.307. The van der Waals surface area contributed by atoms with E-state index in [0.29, 0.717) is 11.8 Å². The number of hydrogen-bond donors (Lipinski definition) is 0. The molecule has 8 aromatic rings. The predicted octanol–water partition coefficient (Wildman–Crippen LogP) is 11.1. The average Bonchev–Trinajstić information content (AvgIpc) is 3.71. The summed E-state index contributed by atoms with van der Waals surface area (Å²) in [6, 6.07) is 43.9. The molecule has 0 fully saturated rings. The molecule has 2 heterocycles. The van der Waals surface area contributed by atoms with E-state index in [4.69, 9.17) is 9.97 Å². The summed E-state index contributed by atoms with van der Waals surface area (Å²) in [4.78, 5) is 10.3. The fourth-order valence-electron chi connectivity index (χ4n) is 8.03. The summed E-state index contributed by atoms with van der Waals surface area (Å²) in [5.74, 6) is 2.68. The molecule has 2 unspecified atom stereocenters. The van der Waals surface area contributed by atoms with Crippen molar-refractivity contribution in [3.05, 3.63) is 163 Å². The van der Waals surface area contributed by atoms with Crippen LogP contribution in [0.4, 0.5) is 0 Å². The van der Waals surface area contributed by atoms with Crippen LogP contribution in [0.1, 0.15) is 17.3 Å². The zero-order chi connectivity index (χ0) is 33.3. The SMILES string of the molecule is Cn1c(-c2ccc(-c3ccc4c(-c5ccc(-c6nc7c8ccccc8ccc7n6C)cc5)cccc4c3)cc2)nc2c1C=CC1C=CC=CC21. The third kappa shape index (κ3) is 4.45. The van der Waals surface area contributed by atoms with E-state index in [9.17, 15) is 0 Å². The quantitative estimate of drug-likeness (QED) is 0.191. The monoisotopic (exact) mass is 642 g/mol. The first-order chi connectivity index (χ1) is 24.6. The van der Waals surface area contributed by atoms with Crippen molar-refractivity contribution in [3.63, 3.8) is 0 Å². The normalized spacial score (nSPS) is 16.4. The van der Waals surface area contributed by atoms with Crippen molar-refractivity contribution < 1.29 is 0 Å². The lowest BCUT2D eigenvalue weighted by atomic mass is 9.82. The predicted molar refractivity (Wildman–Crippen MR) is 208 cm³/mol. The van der Waals surface area contributed by atoms with Crippen LogP contribution >= 0.6 is 0 Å². The fourth-order valence-corrected chi connectivity index (χ4v) is 8.03. The van der Waals surface area contributed by atoms with Crippen LogP contribution in [0.3, 0.4) is 0 Å². The van der Waals surface area contributed by atoms with Gasteiger partial charge in [-0.2, -0.15) is 0 Å². The molecular weight excluding hydrogens is 609 g/mol. The lowest BCUT2D eigenvalue weighted by Crippen LogP contribution is -2.14. The highest BCUT2D eigenvalue weighted by Crippen LogP contribution is 2.40. The number of hydrogen-bond acceptors (Lipinski definition) is 2. The molecule has 0 bridgehead atoms. The summed E-state index contributed by atoms with van der Waals surface area (Å²) in [6.45, 7) is 0. The van der Waals surface area contributed by atoms with Crippen LogP contribution in [0, 0.1) is 5.92 Å². The molecule has 0 amide bonds. The lowest BCUT2D eigenvalue weighted by molar-refractivity contribution is 0.672. The Bertz CT molecular complexity index is 2720. The molecule has 0 saturated carbocycles. The number of rotatable bonds is 4. The maximum absolute atomic E-state index is 5.16. The molecule has 50 heavy (non-hydrogen) atoms. The van der Waals surface area contributed by atoms with Crippen LogP contribution in [-0.2, 0) is 14.1 Å². The topological polar surface area (TPSA) is 35.6 Å². The van der Waals surface area contributed by atoms with Gasteiger partial charge in [-0.25, -0.2) is 9.97 Å². The standard InChI is InChI=1S/C46H34N4/c1-49-41-26-23-30-8-3-5-11-39(30)43(41)47-45(49)33-18-14-29(15-19-33)35-22-25-38-36(28-35)10-7-13-37(38)32-16-20-34(21-17-32)46-48-44-40-12-6-4-9-31(40)24-27-42(44)50(46)2/h3-28,30,39H,1-2H3. The molecule has 0 N–H and O–H groups in total. The average molecular weight is 643 g/mol. The number of fused-ring (bicyclic) bond motifs is 7. The van der Waals surface area contributed by atoms with Gasteiger partial charge < -0.3 is 9.13 Å². The second-order valence-corrected chi connectivity index (χ2v) is 13.5. The van der Waals surface area contributed by atoms with Crippen LogP contribution < -0.4 is 0 Å². The van der Waals surface area contributed by atoms with Gasteiger partial charge in [0, 0.05) is 42.4 Å². The largest absolute Gasteiger partial charge is 0.327 e. The van der Waals surface area contributed by atoms with Gasteiger partial charge in [-0.3, -0.25) is 0 Å². The summed E-state index contributed by atoms with van der Waals surface area (Å²) in [7, 11) is 4.23. The van der Waals surface area contributed by atoms with Gasteiger partial charge in [0.1, 0.15) is 11.6 Å². The highest BCUT2D eigenvalue weighted by atomic mass is 15.1. The summed E-state index contributed by atoms with van der Waals surface area (Å²) in [5.41, 5.74) is 11.6. The Morgan fingerprint density at radius 2 is 1.22 bits per heavy atom. The maximum atomic E-state index is 5.16. The Kier molecular flexibility index (Phi) is 6.40. The van der Waals surface area contributed by atoms with Crippen molar-refractivity contribution in [2.45, 2.75) is 5.92 Å². The Labute approximate surface area is 291 Å². The van der Waals surface area contributed by atoms with Gasteiger partial charge >= 0.3 is 0 Å². The van der Waals surface area contributed by atoms with Crippen LogP contribution in [-0.4, -0.2) is 19.1 Å². The van der Waals surface area contributed by atoms with Crippen LogP contribution in [0.5, 0.6) is 0 Å². The molecule has 0 spiro atoms. The van der Waals surface area contributed by atoms with Crippen molar-refractivity contribution in [2.24, 2.45) is 20.0 Å². The minimum Gasteiger partial charge on any atom is -0.327 e. The summed E-state index contributed by atoms with van der Waals surface area (Å²) in [5, 5.41) is 4.87. The van der Waals surface area contributed by atoms with Crippen molar-refractivity contribution in [1.82, 2.24) is 19.1 Å². The minimum absolute atomic E-state index is 0.307. The van der Waals surface area contributed by atoms with Gasteiger partial charge in [-0.1, -0.05) is 140 Å². The molecule has 2 aliphatic carbocycles. The second-order valence-electron chi connectivity index (χ2n) is 13.5. The summed E-state index contributed by atoms with van der Waals surface area (Å²) >= 11 is 0. The van der Waals surface area contributed by atoms with Gasteiger partial charge in [-0.15, -0.1) is 0 Å². The van der Waals surface area contributed by atoms with Crippen LogP contribution in [0.2, 0.25) is 0 Å². The van der Waals surface area contributed by atoms with Gasteiger partial charge in [0.25, 0.3) is 0 Å². The number of aromatic nitrogens is 4. The van der Waals surface area contributed by atoms with Gasteiger partial charge in [0.15, 0.2) is 0 Å². The molecule has 0 saturated heterocycles. The number of benzene rings is 6. The van der Waals surface area contributed by atoms with Crippen LogP contribution in [0.15, 0.2) is 152 Å². The highest BCUT2D eigenvalue weighted by molar-refractivity contribution is 6.05. The van der Waals surface area contributed by atoms with E-state index in [1.165, 1.54) is 55.2 Å². The Morgan fingerprint density at radius 1 is 0.520 bits per heavy atom. The Balaban J connectivity index is 0.942. The third-order valence-corrected chi connectivity index (χ3v) is 10.7. The van der Waals surface area contributed by atoms with Gasteiger partial charge in [-0.05, 0) is 56.6 Å². The molecule has 4 nitrogen and oxygen atoms in total. The Hall–Kier alpha value is -6.26. The molecule has 2 atom stereocenters. The van der Waals surface area contributed by atoms with Crippen molar-refractivity contribution in [2.75, 3.05) is 0 Å². The first-order valence-electron chi connectivity index (χ1n) is 17.3. The van der Waals surface area contributed by atoms with Crippen LogP contribution in [0.25, 0.3) is 83.7 Å². The molecule has 2 aromatic heterocycles. The van der Waals surface area contributed by atoms with Crippen molar-refractivity contribution >= 4 is 38.7 Å². The summed E-state index contributed by atoms with van der Waals surface area (Å²) < 4.78 is 4.43. The van der Waals surface area contributed by atoms with E-state index < -0.39 is 0 Å². The molecule has 238 valence electrons. The molecular formula is C46H34N4. The molecule has 2 aliphatic rings. The smallest absolute Gasteiger partial charge is 0.140 e. The maximum Gasteiger partial charge on any atom is 0.140 e. The molecule has 0 radical (unpaired) electrons. The zero-order valence-corrected chi connectivity index (χ0v) is 28.0. The van der Waals surface area contributed by atoms with E-state index in [-0.39, 0.29) is 0 Å². The molecule has 6 aromatic carbocycles. The van der Waals surface area contributed by atoms with E-state index in [1.54, 1.807) is 0 Å². The lowest BCUT2D eigenvalue weighted by Gasteiger charge is -2.24. The molecule has 0 aliphatic heterocycles. The Morgan fingerprint density at radius 3 is 2.06 bits per heavy atom.